The molecule has 0 atom stereocenters. The average Bonchev–Trinajstić information content (AvgIpc) is 2.52. The summed E-state index contributed by atoms with van der Waals surface area (Å²) in [5.41, 5.74) is 1.55. The van der Waals surface area contributed by atoms with E-state index in [0.717, 1.165) is 18.5 Å². The van der Waals surface area contributed by atoms with E-state index in [1.165, 1.54) is 6.07 Å². The fraction of sp³-hybridized carbons (Fsp3) is 0.222. The highest BCUT2D eigenvalue weighted by Crippen LogP contribution is 2.11. The number of aromatic nitrogens is 1. The maximum Gasteiger partial charge on any atom is 0.303 e. The number of aliphatic carboxylic acids is 1. The van der Waals surface area contributed by atoms with Crippen molar-refractivity contribution in [2.75, 3.05) is 0 Å². The summed E-state index contributed by atoms with van der Waals surface area (Å²) < 4.78 is 15.5. The molecule has 1 aromatic heterocycles. The number of halogens is 2. The third-order valence-corrected chi connectivity index (χ3v) is 3.33. The van der Waals surface area contributed by atoms with Crippen LogP contribution >= 0.6 is 0 Å². The molecule has 0 unspecified atom stereocenters. The van der Waals surface area contributed by atoms with Gasteiger partial charge in [-0.05, 0) is 18.1 Å². The summed E-state index contributed by atoms with van der Waals surface area (Å²) in [5.74, 6) is -0.984. The predicted octanol–water partition coefficient (Wildman–Crippen LogP) is 0.542. The van der Waals surface area contributed by atoms with E-state index in [0.29, 0.717) is 12.0 Å². The minimum atomic E-state index is -0.751. The Labute approximate surface area is 141 Å². The zero-order valence-corrected chi connectivity index (χ0v) is 13.4. The lowest BCUT2D eigenvalue weighted by molar-refractivity contribution is -0.697. The van der Waals surface area contributed by atoms with Crippen molar-refractivity contribution in [1.29, 1.82) is 0 Å². The summed E-state index contributed by atoms with van der Waals surface area (Å²) in [6.45, 7) is 0.796. The van der Waals surface area contributed by atoms with Gasteiger partial charge in [0.1, 0.15) is 12.4 Å². The molecule has 0 aliphatic heterocycles. The van der Waals surface area contributed by atoms with E-state index < -0.39 is 5.97 Å². The number of carboxylic acids is 1. The molecule has 3 nitrogen and oxygen atoms in total. The van der Waals surface area contributed by atoms with Crippen LogP contribution in [0.25, 0.3) is 12.2 Å². The van der Waals surface area contributed by atoms with Crippen molar-refractivity contribution in [3.05, 3.63) is 65.7 Å². The van der Waals surface area contributed by atoms with Crippen LogP contribution in [0.1, 0.15) is 30.4 Å². The minimum Gasteiger partial charge on any atom is -1.00 e. The Hall–Kier alpha value is -2.20. The molecule has 1 aromatic carbocycles. The lowest BCUT2D eigenvalue weighted by Gasteiger charge is -1.98. The van der Waals surface area contributed by atoms with Crippen LogP contribution in [0.5, 0.6) is 0 Å². The number of nitrogens with zero attached hydrogens (tertiary/aromatic N) is 1. The second-order valence-corrected chi connectivity index (χ2v) is 5.07. The fourth-order valence-electron chi connectivity index (χ4n) is 2.10. The highest BCUT2D eigenvalue weighted by molar-refractivity contribution is 5.69. The molecule has 0 spiro atoms. The first-order valence-corrected chi connectivity index (χ1v) is 7.28. The van der Waals surface area contributed by atoms with Crippen molar-refractivity contribution in [2.24, 2.45) is 0 Å². The largest absolute Gasteiger partial charge is 1.00 e. The van der Waals surface area contributed by atoms with Gasteiger partial charge < -0.3 is 17.5 Å². The summed E-state index contributed by atoms with van der Waals surface area (Å²) in [6.07, 6.45) is 9.24. The molecule has 1 N–H and O–H groups in total. The molecule has 1 heterocycles. The van der Waals surface area contributed by atoms with Gasteiger partial charge in [0.2, 0.25) is 0 Å². The molecule has 0 saturated carbocycles. The van der Waals surface area contributed by atoms with Crippen LogP contribution in [0, 0.1) is 5.82 Å². The first kappa shape index (κ1) is 18.8. The standard InChI is InChI=1S/C18H18FNO2.ClH/c19-17-6-2-1-5-16(17)9-8-15-10-13-20(14-11-15)12-4-3-7-18(21)22;/h1-2,5-6,8-11,13-14H,3-4,7,12H2;1H/b9-8-;. The van der Waals surface area contributed by atoms with Crippen LogP contribution < -0.4 is 17.0 Å². The highest BCUT2D eigenvalue weighted by atomic mass is 35.5. The Bertz CT molecular complexity index is 656. The summed E-state index contributed by atoms with van der Waals surface area (Å²) in [4.78, 5) is 10.4. The van der Waals surface area contributed by atoms with E-state index in [4.69, 9.17) is 5.11 Å². The van der Waals surface area contributed by atoms with Crippen LogP contribution in [0.15, 0.2) is 48.8 Å². The number of carboxylic acid groups (broad SMARTS) is 1. The molecule has 0 radical (unpaired) electrons. The zero-order chi connectivity index (χ0) is 15.8. The molecule has 0 aliphatic carbocycles. The Kier molecular flexibility index (Phi) is 7.98. The average molecular weight is 336 g/mol. The van der Waals surface area contributed by atoms with Crippen molar-refractivity contribution in [3.8, 4) is 0 Å². The minimum absolute atomic E-state index is 0. The SMILES string of the molecule is O=C(O)CCCC[n+]1ccc(/C=C\c2ccccc2F)cc1.[Cl-]. The van der Waals surface area contributed by atoms with E-state index in [2.05, 4.69) is 0 Å². The number of carbonyl (C=O) groups is 1. The van der Waals surface area contributed by atoms with Crippen molar-refractivity contribution in [2.45, 2.75) is 25.8 Å². The van der Waals surface area contributed by atoms with Gasteiger partial charge in [-0.15, -0.1) is 0 Å². The molecule has 23 heavy (non-hydrogen) atoms. The molecule has 2 rings (SSSR count). The molecular weight excluding hydrogens is 317 g/mol. The normalized spacial score (nSPS) is 10.5. The van der Waals surface area contributed by atoms with Crippen molar-refractivity contribution < 1.29 is 31.3 Å². The van der Waals surface area contributed by atoms with Gasteiger partial charge in [-0.2, -0.15) is 0 Å². The molecule has 0 aliphatic rings. The molecule has 122 valence electrons. The third-order valence-electron chi connectivity index (χ3n) is 3.33. The zero-order valence-electron chi connectivity index (χ0n) is 12.7. The Morgan fingerprint density at radius 2 is 1.78 bits per heavy atom. The number of rotatable bonds is 7. The van der Waals surface area contributed by atoms with Crippen molar-refractivity contribution >= 4 is 18.1 Å². The predicted molar refractivity (Wildman–Crippen MR) is 83.5 cm³/mol. The fourth-order valence-corrected chi connectivity index (χ4v) is 2.10. The Morgan fingerprint density at radius 3 is 2.43 bits per heavy atom. The van der Waals surface area contributed by atoms with Crippen LogP contribution in [0.4, 0.5) is 4.39 Å². The molecular formula is C18H19ClFNO2. The van der Waals surface area contributed by atoms with Gasteiger partial charge in [-0.1, -0.05) is 30.4 Å². The Morgan fingerprint density at radius 1 is 1.09 bits per heavy atom. The van der Waals surface area contributed by atoms with Gasteiger partial charge in [0.15, 0.2) is 12.4 Å². The second kappa shape index (κ2) is 9.74. The van der Waals surface area contributed by atoms with Gasteiger partial charge in [-0.25, -0.2) is 8.96 Å². The van der Waals surface area contributed by atoms with Crippen LogP contribution in [-0.2, 0) is 11.3 Å². The number of hydrogen-bond donors (Lipinski definition) is 1. The highest BCUT2D eigenvalue weighted by Gasteiger charge is 2.02. The van der Waals surface area contributed by atoms with Gasteiger partial charge in [0.05, 0.1) is 0 Å². The third kappa shape index (κ3) is 6.61. The first-order valence-electron chi connectivity index (χ1n) is 7.28. The maximum absolute atomic E-state index is 13.5. The van der Waals surface area contributed by atoms with Gasteiger partial charge in [0.25, 0.3) is 0 Å². The Balaban J connectivity index is 0.00000264. The number of pyridine rings is 1. The van der Waals surface area contributed by atoms with Crippen LogP contribution in [0.2, 0.25) is 0 Å². The summed E-state index contributed by atoms with van der Waals surface area (Å²) in [7, 11) is 0. The van der Waals surface area contributed by atoms with Gasteiger partial charge in [0, 0.05) is 30.5 Å². The number of aryl methyl sites for hydroxylation is 1. The van der Waals surface area contributed by atoms with E-state index in [1.807, 2.05) is 35.2 Å². The topological polar surface area (TPSA) is 41.2 Å². The molecule has 0 saturated heterocycles. The number of hydrogen-bond acceptors (Lipinski definition) is 1. The second-order valence-electron chi connectivity index (χ2n) is 5.07. The van der Waals surface area contributed by atoms with E-state index in [9.17, 15) is 9.18 Å². The van der Waals surface area contributed by atoms with Crippen LogP contribution in [-0.4, -0.2) is 11.1 Å². The maximum atomic E-state index is 13.5. The summed E-state index contributed by atoms with van der Waals surface area (Å²) in [5, 5.41) is 8.58. The van der Waals surface area contributed by atoms with Crippen molar-refractivity contribution in [1.82, 2.24) is 0 Å². The van der Waals surface area contributed by atoms with Gasteiger partial charge >= 0.3 is 5.97 Å². The van der Waals surface area contributed by atoms with Gasteiger partial charge in [-0.3, -0.25) is 4.79 Å². The monoisotopic (exact) mass is 335 g/mol. The molecule has 2 aromatic rings. The smallest absolute Gasteiger partial charge is 0.303 e. The lowest BCUT2D eigenvalue weighted by atomic mass is 10.1. The first-order chi connectivity index (χ1) is 10.6. The molecule has 0 amide bonds. The summed E-state index contributed by atoms with van der Waals surface area (Å²) in [6, 6.07) is 10.6. The van der Waals surface area contributed by atoms with Crippen molar-refractivity contribution in [3.63, 3.8) is 0 Å². The molecule has 5 heteroatoms. The quantitative estimate of drug-likeness (QED) is 0.593. The van der Waals surface area contributed by atoms with Crippen LogP contribution in [0.3, 0.4) is 0 Å². The van der Waals surface area contributed by atoms with E-state index in [-0.39, 0.29) is 24.6 Å². The molecule has 0 bridgehead atoms. The number of benzene rings is 1. The lowest BCUT2D eigenvalue weighted by Crippen LogP contribution is -3.00. The number of unbranched alkanes of at least 4 members (excludes halogenated alkanes) is 1. The van der Waals surface area contributed by atoms with E-state index >= 15 is 0 Å². The van der Waals surface area contributed by atoms with E-state index in [1.54, 1.807) is 24.3 Å². The summed E-state index contributed by atoms with van der Waals surface area (Å²) >= 11 is 0. The molecule has 0 fully saturated rings.